The number of rotatable bonds is 8. The van der Waals surface area contributed by atoms with Crippen molar-refractivity contribution in [3.05, 3.63) is 71.8 Å². The van der Waals surface area contributed by atoms with E-state index in [0.717, 1.165) is 58.9 Å². The van der Waals surface area contributed by atoms with Gasteiger partial charge in [0.05, 0.1) is 13.2 Å². The van der Waals surface area contributed by atoms with Crippen molar-refractivity contribution in [2.45, 2.75) is 19.5 Å². The highest BCUT2D eigenvalue weighted by molar-refractivity contribution is 14.0. The summed E-state index contributed by atoms with van der Waals surface area (Å²) in [5.74, 6) is 0.649. The summed E-state index contributed by atoms with van der Waals surface area (Å²) < 4.78 is 5.36. The molecule has 0 aromatic heterocycles. The van der Waals surface area contributed by atoms with Crippen LogP contribution in [-0.2, 0) is 17.8 Å². The molecule has 1 saturated heterocycles. The lowest BCUT2D eigenvalue weighted by atomic mass is 10.1. The number of halogens is 1. The van der Waals surface area contributed by atoms with Crippen LogP contribution in [0.5, 0.6) is 0 Å². The zero-order valence-electron chi connectivity index (χ0n) is 16.4. The van der Waals surface area contributed by atoms with Crippen LogP contribution in [0.1, 0.15) is 17.5 Å². The quantitative estimate of drug-likeness (QED) is 0.265. The Hall–Kier alpha value is -1.64. The molecule has 2 aromatic rings. The number of nitrogens with zero attached hydrogens (tertiary/aromatic N) is 3. The summed E-state index contributed by atoms with van der Waals surface area (Å²) in [5.41, 5.74) is 8.79. The minimum Gasteiger partial charge on any atom is -0.378 e. The van der Waals surface area contributed by atoms with Crippen LogP contribution in [0.3, 0.4) is 0 Å². The summed E-state index contributed by atoms with van der Waals surface area (Å²) in [6.07, 6.45) is 0.991. The molecule has 6 heteroatoms. The highest BCUT2D eigenvalue weighted by Crippen LogP contribution is 2.10. The first-order valence-corrected chi connectivity index (χ1v) is 9.74. The summed E-state index contributed by atoms with van der Waals surface area (Å²) in [6, 6.07) is 21.3. The molecule has 2 aromatic carbocycles. The van der Waals surface area contributed by atoms with Crippen molar-refractivity contribution in [1.29, 1.82) is 0 Å². The number of nitrogens with two attached hydrogens (primary N) is 1. The molecule has 0 spiro atoms. The van der Waals surface area contributed by atoms with Crippen molar-refractivity contribution in [1.82, 2.24) is 9.80 Å². The van der Waals surface area contributed by atoms with Gasteiger partial charge in [0.2, 0.25) is 0 Å². The summed E-state index contributed by atoms with van der Waals surface area (Å²) in [4.78, 5) is 9.16. The van der Waals surface area contributed by atoms with Crippen LogP contribution in [0.4, 0.5) is 0 Å². The Balaban J connectivity index is 0.00000280. The van der Waals surface area contributed by atoms with Crippen molar-refractivity contribution < 1.29 is 4.74 Å². The van der Waals surface area contributed by atoms with Crippen LogP contribution in [-0.4, -0.2) is 55.2 Å². The molecular formula is C22H31IN4O. The van der Waals surface area contributed by atoms with E-state index in [4.69, 9.17) is 10.5 Å². The number of benzene rings is 2. The molecule has 1 heterocycles. The molecular weight excluding hydrogens is 463 g/mol. The summed E-state index contributed by atoms with van der Waals surface area (Å²) >= 11 is 0. The van der Waals surface area contributed by atoms with E-state index >= 15 is 0 Å². The van der Waals surface area contributed by atoms with Gasteiger partial charge >= 0.3 is 0 Å². The lowest BCUT2D eigenvalue weighted by molar-refractivity contribution is 0.0674. The van der Waals surface area contributed by atoms with E-state index in [-0.39, 0.29) is 24.0 Å². The van der Waals surface area contributed by atoms with E-state index in [2.05, 4.69) is 75.5 Å². The molecule has 0 unspecified atom stereocenters. The lowest BCUT2D eigenvalue weighted by Crippen LogP contribution is -2.44. The van der Waals surface area contributed by atoms with Crippen molar-refractivity contribution >= 4 is 29.9 Å². The fourth-order valence-corrected chi connectivity index (χ4v) is 3.28. The minimum atomic E-state index is 0. The molecule has 0 radical (unpaired) electrons. The second-order valence-corrected chi connectivity index (χ2v) is 6.87. The standard InChI is InChI=1S/C22H30N4O.HI/c23-22(26-14-16-27-17-15-26)24-12-7-13-25(18-20-8-3-1-4-9-20)19-21-10-5-2-6-11-21;/h1-6,8-11H,7,12-19H2,(H2,23,24);1H. The number of hydrogen-bond acceptors (Lipinski definition) is 3. The third-order valence-corrected chi connectivity index (χ3v) is 4.74. The highest BCUT2D eigenvalue weighted by atomic mass is 127. The Labute approximate surface area is 185 Å². The SMILES string of the molecule is I.NC(=NCCCN(Cc1ccccc1)Cc1ccccc1)N1CCOCC1. The van der Waals surface area contributed by atoms with Gasteiger partial charge in [-0.2, -0.15) is 0 Å². The minimum absolute atomic E-state index is 0. The third-order valence-electron chi connectivity index (χ3n) is 4.74. The Bertz CT molecular complexity index is 649. The maximum atomic E-state index is 6.12. The largest absolute Gasteiger partial charge is 0.378 e. The van der Waals surface area contributed by atoms with E-state index < -0.39 is 0 Å². The zero-order valence-corrected chi connectivity index (χ0v) is 18.7. The molecule has 5 nitrogen and oxygen atoms in total. The summed E-state index contributed by atoms with van der Waals surface area (Å²) in [6.45, 7) is 6.77. The van der Waals surface area contributed by atoms with Gasteiger partial charge in [-0.1, -0.05) is 60.7 Å². The lowest BCUT2D eigenvalue weighted by Gasteiger charge is -2.27. The Morgan fingerprint density at radius 3 is 2.00 bits per heavy atom. The van der Waals surface area contributed by atoms with Crippen LogP contribution >= 0.6 is 24.0 Å². The van der Waals surface area contributed by atoms with Crippen molar-refractivity contribution in [3.63, 3.8) is 0 Å². The second kappa shape index (κ2) is 12.7. The Morgan fingerprint density at radius 1 is 0.929 bits per heavy atom. The molecule has 0 atom stereocenters. The first-order chi connectivity index (χ1) is 13.3. The average Bonchev–Trinajstić information content (AvgIpc) is 2.73. The maximum absolute atomic E-state index is 6.12. The van der Waals surface area contributed by atoms with Gasteiger partial charge in [0.1, 0.15) is 0 Å². The van der Waals surface area contributed by atoms with Gasteiger partial charge < -0.3 is 15.4 Å². The van der Waals surface area contributed by atoms with Gasteiger partial charge in [-0.05, 0) is 17.5 Å². The van der Waals surface area contributed by atoms with Crippen molar-refractivity contribution in [3.8, 4) is 0 Å². The number of ether oxygens (including phenoxy) is 1. The third kappa shape index (κ3) is 7.77. The topological polar surface area (TPSA) is 54.1 Å². The van der Waals surface area contributed by atoms with Gasteiger partial charge in [0, 0.05) is 39.3 Å². The molecule has 1 aliphatic heterocycles. The summed E-state index contributed by atoms with van der Waals surface area (Å²) in [5, 5.41) is 0. The molecule has 0 bridgehead atoms. The van der Waals surface area contributed by atoms with E-state index in [9.17, 15) is 0 Å². The van der Waals surface area contributed by atoms with Crippen LogP contribution in [0.15, 0.2) is 65.7 Å². The Kier molecular flexibility index (Phi) is 10.3. The van der Waals surface area contributed by atoms with Gasteiger partial charge in [0.25, 0.3) is 0 Å². The molecule has 1 fully saturated rings. The normalized spacial score (nSPS) is 14.8. The predicted molar refractivity (Wildman–Crippen MR) is 126 cm³/mol. The number of aliphatic imine (C=N–C) groups is 1. The van der Waals surface area contributed by atoms with Crippen molar-refractivity contribution in [2.75, 3.05) is 39.4 Å². The summed E-state index contributed by atoms with van der Waals surface area (Å²) in [7, 11) is 0. The average molecular weight is 494 g/mol. The maximum Gasteiger partial charge on any atom is 0.191 e. The smallest absolute Gasteiger partial charge is 0.191 e. The van der Waals surface area contributed by atoms with Crippen LogP contribution in [0.25, 0.3) is 0 Å². The second-order valence-electron chi connectivity index (χ2n) is 6.87. The molecule has 0 aliphatic carbocycles. The van der Waals surface area contributed by atoms with E-state index in [1.807, 2.05) is 0 Å². The fraction of sp³-hybridized carbons (Fsp3) is 0.409. The van der Waals surface area contributed by atoms with Gasteiger partial charge in [-0.15, -0.1) is 24.0 Å². The molecule has 0 amide bonds. The van der Waals surface area contributed by atoms with Crippen LogP contribution in [0, 0.1) is 0 Å². The van der Waals surface area contributed by atoms with Crippen LogP contribution < -0.4 is 5.73 Å². The van der Waals surface area contributed by atoms with Crippen LogP contribution in [0.2, 0.25) is 0 Å². The van der Waals surface area contributed by atoms with E-state index in [1.165, 1.54) is 11.1 Å². The fourth-order valence-electron chi connectivity index (χ4n) is 3.28. The van der Waals surface area contributed by atoms with Gasteiger partial charge in [-0.25, -0.2) is 0 Å². The van der Waals surface area contributed by atoms with Gasteiger partial charge in [-0.3, -0.25) is 9.89 Å². The van der Waals surface area contributed by atoms with E-state index in [0.29, 0.717) is 5.96 Å². The van der Waals surface area contributed by atoms with E-state index in [1.54, 1.807) is 0 Å². The molecule has 1 aliphatic rings. The molecule has 3 rings (SSSR count). The molecule has 2 N–H and O–H groups in total. The Morgan fingerprint density at radius 2 is 1.46 bits per heavy atom. The zero-order chi connectivity index (χ0) is 18.7. The highest BCUT2D eigenvalue weighted by Gasteiger charge is 2.12. The van der Waals surface area contributed by atoms with Gasteiger partial charge in [0.15, 0.2) is 5.96 Å². The molecule has 28 heavy (non-hydrogen) atoms. The monoisotopic (exact) mass is 494 g/mol. The first kappa shape index (κ1) is 22.6. The first-order valence-electron chi connectivity index (χ1n) is 9.74. The number of guanidine groups is 1. The number of morpholine rings is 1. The predicted octanol–water partition coefficient (Wildman–Crippen LogP) is 3.34. The molecule has 152 valence electrons. The van der Waals surface area contributed by atoms with Crippen molar-refractivity contribution in [2.24, 2.45) is 10.7 Å². The number of hydrogen-bond donors (Lipinski definition) is 1. The molecule has 0 saturated carbocycles.